The van der Waals surface area contributed by atoms with Gasteiger partial charge in [0.2, 0.25) is 10.0 Å². The molecule has 0 atom stereocenters. The lowest BCUT2D eigenvalue weighted by Gasteiger charge is -2.21. The summed E-state index contributed by atoms with van der Waals surface area (Å²) >= 11 is 12.2. The van der Waals surface area contributed by atoms with Gasteiger partial charge in [0.15, 0.2) is 0 Å². The van der Waals surface area contributed by atoms with Crippen LogP contribution in [0.4, 0.5) is 0 Å². The average Bonchev–Trinajstić information content (AvgIpc) is 2.69. The lowest BCUT2D eigenvalue weighted by atomic mass is 10.2. The Morgan fingerprint density at radius 1 is 1.03 bits per heavy atom. The summed E-state index contributed by atoms with van der Waals surface area (Å²) in [5.41, 5.74) is 0.125. The van der Waals surface area contributed by atoms with Gasteiger partial charge in [-0.1, -0.05) is 49.2 Å². The smallest absolute Gasteiger partial charge is 0.255 e. The Morgan fingerprint density at radius 3 is 2.31 bits per heavy atom. The third-order valence-electron chi connectivity index (χ3n) is 4.38. The second-order valence-corrected chi connectivity index (χ2v) is 8.99. The first kappa shape index (κ1) is 23.5. The SMILES string of the molecule is CCN(CC)S(=O)(=O)c1ccc(Cl)c(C(=O)N(C)CCOc2ccccc2Cl)c1. The standard InChI is InChI=1S/C20H24Cl2N2O4S/c1-4-24(5-2)29(26,27)15-10-11-17(21)16(14-15)20(25)23(3)12-13-28-19-9-7-6-8-18(19)22/h6-11,14H,4-5,12-13H2,1-3H3. The second-order valence-electron chi connectivity index (χ2n) is 6.24. The number of hydrogen-bond donors (Lipinski definition) is 0. The molecule has 0 aliphatic carbocycles. The first-order chi connectivity index (χ1) is 13.7. The van der Waals surface area contributed by atoms with E-state index in [1.807, 2.05) is 0 Å². The third kappa shape index (κ3) is 5.63. The Morgan fingerprint density at radius 2 is 1.69 bits per heavy atom. The second kappa shape index (κ2) is 10.3. The number of rotatable bonds is 9. The fourth-order valence-corrected chi connectivity index (χ4v) is 4.58. The molecule has 0 aromatic heterocycles. The number of benzene rings is 2. The molecule has 0 unspecified atom stereocenters. The van der Waals surface area contributed by atoms with E-state index in [4.69, 9.17) is 27.9 Å². The maximum atomic E-state index is 12.8. The van der Waals surface area contributed by atoms with Crippen molar-refractivity contribution in [3.63, 3.8) is 0 Å². The predicted octanol–water partition coefficient (Wildman–Crippen LogP) is 4.17. The van der Waals surface area contributed by atoms with Crippen LogP contribution in [0.15, 0.2) is 47.4 Å². The highest BCUT2D eigenvalue weighted by Gasteiger charge is 2.24. The number of carbonyl (C=O) groups is 1. The molecule has 0 radical (unpaired) electrons. The molecule has 9 heteroatoms. The van der Waals surface area contributed by atoms with Crippen LogP contribution in [-0.2, 0) is 10.0 Å². The minimum absolute atomic E-state index is 0.0367. The minimum atomic E-state index is -3.69. The largest absolute Gasteiger partial charge is 0.490 e. The summed E-state index contributed by atoms with van der Waals surface area (Å²) in [4.78, 5) is 14.3. The van der Waals surface area contributed by atoms with Gasteiger partial charge in [-0.2, -0.15) is 4.31 Å². The highest BCUT2D eigenvalue weighted by molar-refractivity contribution is 7.89. The monoisotopic (exact) mass is 458 g/mol. The lowest BCUT2D eigenvalue weighted by Crippen LogP contribution is -2.32. The summed E-state index contributed by atoms with van der Waals surface area (Å²) in [6, 6.07) is 11.2. The van der Waals surface area contributed by atoms with Gasteiger partial charge in [0.05, 0.1) is 27.0 Å². The summed E-state index contributed by atoms with van der Waals surface area (Å²) < 4.78 is 32.4. The lowest BCUT2D eigenvalue weighted by molar-refractivity contribution is 0.0773. The number of hydrogen-bond acceptors (Lipinski definition) is 4. The molecule has 158 valence electrons. The van der Waals surface area contributed by atoms with Crippen molar-refractivity contribution >= 4 is 39.1 Å². The van der Waals surface area contributed by atoms with Gasteiger partial charge in [-0.3, -0.25) is 4.79 Å². The molecule has 0 aliphatic rings. The van der Waals surface area contributed by atoms with Crippen molar-refractivity contribution in [3.05, 3.63) is 58.1 Å². The Kier molecular flexibility index (Phi) is 8.34. The van der Waals surface area contributed by atoms with E-state index in [-0.39, 0.29) is 28.6 Å². The molecule has 0 aliphatic heterocycles. The van der Waals surface area contributed by atoms with Crippen molar-refractivity contribution in [2.75, 3.05) is 33.3 Å². The molecule has 1 amide bonds. The van der Waals surface area contributed by atoms with Gasteiger partial charge in [-0.05, 0) is 30.3 Å². The van der Waals surface area contributed by atoms with Gasteiger partial charge in [-0.15, -0.1) is 0 Å². The number of ether oxygens (including phenoxy) is 1. The Bertz CT molecular complexity index is 963. The van der Waals surface area contributed by atoms with Crippen LogP contribution in [0.3, 0.4) is 0 Å². The Labute approximate surface area is 182 Å². The number of para-hydroxylation sites is 1. The fraction of sp³-hybridized carbons (Fsp3) is 0.350. The van der Waals surface area contributed by atoms with E-state index < -0.39 is 15.9 Å². The molecular weight excluding hydrogens is 435 g/mol. The van der Waals surface area contributed by atoms with Gasteiger partial charge < -0.3 is 9.64 Å². The molecule has 2 aromatic rings. The first-order valence-electron chi connectivity index (χ1n) is 9.14. The normalized spacial score (nSPS) is 11.5. The Hall–Kier alpha value is -1.80. The van der Waals surface area contributed by atoms with E-state index in [0.29, 0.717) is 23.9 Å². The summed E-state index contributed by atoms with van der Waals surface area (Å²) in [7, 11) is -2.10. The molecule has 0 heterocycles. The number of carbonyl (C=O) groups excluding carboxylic acids is 1. The van der Waals surface area contributed by atoms with Crippen LogP contribution in [-0.4, -0.2) is 56.8 Å². The molecule has 0 bridgehead atoms. The van der Waals surface area contributed by atoms with E-state index in [2.05, 4.69) is 0 Å². The van der Waals surface area contributed by atoms with Crippen molar-refractivity contribution in [3.8, 4) is 5.75 Å². The highest BCUT2D eigenvalue weighted by Crippen LogP contribution is 2.25. The molecule has 0 spiro atoms. The van der Waals surface area contributed by atoms with Crippen LogP contribution < -0.4 is 4.74 Å². The van der Waals surface area contributed by atoms with Gasteiger partial charge in [0.1, 0.15) is 12.4 Å². The molecular formula is C20H24Cl2N2O4S. The van der Waals surface area contributed by atoms with Crippen LogP contribution in [0.1, 0.15) is 24.2 Å². The zero-order valence-corrected chi connectivity index (χ0v) is 18.9. The predicted molar refractivity (Wildman–Crippen MR) is 115 cm³/mol. The summed E-state index contributed by atoms with van der Waals surface area (Å²) in [5.74, 6) is 0.134. The van der Waals surface area contributed by atoms with Crippen LogP contribution in [0.25, 0.3) is 0 Å². The minimum Gasteiger partial charge on any atom is -0.490 e. The number of likely N-dealkylation sites (N-methyl/N-ethyl adjacent to an activating group) is 1. The summed E-state index contributed by atoms with van der Waals surface area (Å²) in [5, 5.41) is 0.672. The maximum absolute atomic E-state index is 12.8. The number of amides is 1. The summed E-state index contributed by atoms with van der Waals surface area (Å²) in [6.45, 7) is 4.69. The Balaban J connectivity index is 2.14. The molecule has 0 saturated carbocycles. The quantitative estimate of drug-likeness (QED) is 0.565. The van der Waals surface area contributed by atoms with Crippen molar-refractivity contribution in [2.24, 2.45) is 0 Å². The van der Waals surface area contributed by atoms with Gasteiger partial charge >= 0.3 is 0 Å². The van der Waals surface area contributed by atoms with E-state index >= 15 is 0 Å². The van der Waals surface area contributed by atoms with Crippen LogP contribution in [0.2, 0.25) is 10.0 Å². The maximum Gasteiger partial charge on any atom is 0.255 e. The molecule has 0 N–H and O–H groups in total. The fourth-order valence-electron chi connectivity index (χ4n) is 2.70. The van der Waals surface area contributed by atoms with E-state index in [0.717, 1.165) is 0 Å². The van der Waals surface area contributed by atoms with E-state index in [1.54, 1.807) is 45.2 Å². The number of sulfonamides is 1. The first-order valence-corrected chi connectivity index (χ1v) is 11.3. The van der Waals surface area contributed by atoms with Crippen molar-refractivity contribution in [2.45, 2.75) is 18.7 Å². The van der Waals surface area contributed by atoms with Crippen molar-refractivity contribution in [1.82, 2.24) is 9.21 Å². The molecule has 0 fully saturated rings. The number of halogens is 2. The van der Waals surface area contributed by atoms with Crippen LogP contribution in [0, 0.1) is 0 Å². The number of nitrogens with zero attached hydrogens (tertiary/aromatic N) is 2. The van der Waals surface area contributed by atoms with Crippen LogP contribution >= 0.6 is 23.2 Å². The zero-order chi connectivity index (χ0) is 21.6. The van der Waals surface area contributed by atoms with Crippen molar-refractivity contribution in [1.29, 1.82) is 0 Å². The molecule has 29 heavy (non-hydrogen) atoms. The van der Waals surface area contributed by atoms with Gasteiger partial charge in [0.25, 0.3) is 5.91 Å². The third-order valence-corrected chi connectivity index (χ3v) is 7.07. The molecule has 2 rings (SSSR count). The zero-order valence-electron chi connectivity index (χ0n) is 16.6. The van der Waals surface area contributed by atoms with Crippen molar-refractivity contribution < 1.29 is 17.9 Å². The van der Waals surface area contributed by atoms with Gasteiger partial charge in [0, 0.05) is 20.1 Å². The molecule has 0 saturated heterocycles. The van der Waals surface area contributed by atoms with E-state index in [9.17, 15) is 13.2 Å². The molecule has 6 nitrogen and oxygen atoms in total. The highest BCUT2D eigenvalue weighted by atomic mass is 35.5. The molecule has 2 aromatic carbocycles. The van der Waals surface area contributed by atoms with E-state index in [1.165, 1.54) is 27.4 Å². The van der Waals surface area contributed by atoms with Crippen LogP contribution in [0.5, 0.6) is 5.75 Å². The summed E-state index contributed by atoms with van der Waals surface area (Å²) in [6.07, 6.45) is 0. The average molecular weight is 459 g/mol. The van der Waals surface area contributed by atoms with Gasteiger partial charge in [-0.25, -0.2) is 8.42 Å². The topological polar surface area (TPSA) is 66.9 Å².